The molecule has 5 aromatic rings. The van der Waals surface area contributed by atoms with Gasteiger partial charge in [0, 0.05) is 19.0 Å². The van der Waals surface area contributed by atoms with E-state index in [-0.39, 0.29) is 12.5 Å². The Hall–Kier alpha value is -3.93. The normalized spacial score (nSPS) is 11.3. The van der Waals surface area contributed by atoms with Gasteiger partial charge in [-0.1, -0.05) is 42.5 Å². The summed E-state index contributed by atoms with van der Waals surface area (Å²) in [5.41, 5.74) is 4.65. The molecule has 2 aromatic heterocycles. The van der Waals surface area contributed by atoms with E-state index < -0.39 is 0 Å². The zero-order valence-corrected chi connectivity index (χ0v) is 17.1. The van der Waals surface area contributed by atoms with Gasteiger partial charge in [-0.15, -0.1) is 0 Å². The standard InChI is InChI=1S/C25H21N3O3/c1-28(16-24-26-19-9-5-6-10-21(19)31-24)25(29)18-12-13-22-20(15-18)27-23(30-22)14-11-17-7-3-2-4-8-17/h2-10,12-13,15H,11,14,16H2,1H3. The number of amides is 1. The number of nitrogens with zero attached hydrogens (tertiary/aromatic N) is 3. The monoisotopic (exact) mass is 411 g/mol. The molecule has 0 radical (unpaired) electrons. The number of hydrogen-bond acceptors (Lipinski definition) is 5. The molecule has 2 heterocycles. The Morgan fingerprint density at radius 3 is 2.35 bits per heavy atom. The third-order valence-corrected chi connectivity index (χ3v) is 5.21. The Morgan fingerprint density at radius 1 is 0.806 bits per heavy atom. The van der Waals surface area contributed by atoms with Gasteiger partial charge in [-0.25, -0.2) is 9.97 Å². The van der Waals surface area contributed by atoms with Crippen LogP contribution in [0, 0.1) is 0 Å². The molecular formula is C25H21N3O3. The van der Waals surface area contributed by atoms with E-state index in [0.717, 1.165) is 11.9 Å². The average Bonchev–Trinajstić information content (AvgIpc) is 3.40. The summed E-state index contributed by atoms with van der Waals surface area (Å²) >= 11 is 0. The minimum absolute atomic E-state index is 0.127. The van der Waals surface area contributed by atoms with Crippen LogP contribution in [0.5, 0.6) is 0 Å². The van der Waals surface area contributed by atoms with Crippen LogP contribution in [-0.2, 0) is 19.4 Å². The molecule has 0 unspecified atom stereocenters. The first kappa shape index (κ1) is 19.1. The summed E-state index contributed by atoms with van der Waals surface area (Å²) in [6, 6.07) is 23.1. The number of carbonyl (C=O) groups is 1. The van der Waals surface area contributed by atoms with E-state index in [1.807, 2.05) is 42.5 Å². The lowest BCUT2D eigenvalue weighted by Gasteiger charge is -2.14. The highest BCUT2D eigenvalue weighted by molar-refractivity contribution is 5.97. The van der Waals surface area contributed by atoms with E-state index in [0.29, 0.717) is 40.4 Å². The minimum atomic E-state index is -0.127. The SMILES string of the molecule is CN(Cc1nc2ccccc2o1)C(=O)c1ccc2oc(CCc3ccccc3)nc2c1. The quantitative estimate of drug-likeness (QED) is 0.392. The van der Waals surface area contributed by atoms with Gasteiger partial charge in [0.05, 0.1) is 6.54 Å². The van der Waals surface area contributed by atoms with Crippen LogP contribution >= 0.6 is 0 Å². The van der Waals surface area contributed by atoms with Crippen LogP contribution in [0.25, 0.3) is 22.2 Å². The minimum Gasteiger partial charge on any atom is -0.441 e. The Labute approximate surface area is 179 Å². The van der Waals surface area contributed by atoms with Crippen molar-refractivity contribution in [2.24, 2.45) is 0 Å². The molecule has 31 heavy (non-hydrogen) atoms. The van der Waals surface area contributed by atoms with Gasteiger partial charge in [0.15, 0.2) is 17.1 Å². The lowest BCUT2D eigenvalue weighted by Crippen LogP contribution is -2.26. The van der Waals surface area contributed by atoms with Crippen LogP contribution in [0.3, 0.4) is 0 Å². The first-order valence-corrected chi connectivity index (χ1v) is 10.2. The number of para-hydroxylation sites is 2. The predicted octanol–water partition coefficient (Wildman–Crippen LogP) is 5.03. The fraction of sp³-hybridized carbons (Fsp3) is 0.160. The summed E-state index contributed by atoms with van der Waals surface area (Å²) in [6.45, 7) is 0.284. The molecule has 0 N–H and O–H groups in total. The van der Waals surface area contributed by atoms with Crippen LogP contribution in [0.2, 0.25) is 0 Å². The number of aromatic nitrogens is 2. The number of benzene rings is 3. The molecule has 0 bridgehead atoms. The van der Waals surface area contributed by atoms with Crippen molar-refractivity contribution in [3.8, 4) is 0 Å². The van der Waals surface area contributed by atoms with Crippen molar-refractivity contribution in [3.63, 3.8) is 0 Å². The summed E-state index contributed by atoms with van der Waals surface area (Å²) in [5, 5.41) is 0. The number of oxazole rings is 2. The maximum Gasteiger partial charge on any atom is 0.254 e. The van der Waals surface area contributed by atoms with Crippen LogP contribution < -0.4 is 0 Å². The van der Waals surface area contributed by atoms with Gasteiger partial charge in [-0.2, -0.15) is 0 Å². The molecule has 0 saturated heterocycles. The van der Waals surface area contributed by atoms with Gasteiger partial charge >= 0.3 is 0 Å². The highest BCUT2D eigenvalue weighted by Crippen LogP contribution is 2.21. The molecule has 1 amide bonds. The number of rotatable bonds is 6. The molecule has 0 aliphatic heterocycles. The lowest BCUT2D eigenvalue weighted by molar-refractivity contribution is 0.0774. The van der Waals surface area contributed by atoms with E-state index in [2.05, 4.69) is 22.1 Å². The van der Waals surface area contributed by atoms with Crippen molar-refractivity contribution < 1.29 is 13.6 Å². The number of aryl methyl sites for hydroxylation is 2. The largest absolute Gasteiger partial charge is 0.441 e. The van der Waals surface area contributed by atoms with Crippen molar-refractivity contribution in [2.75, 3.05) is 7.05 Å². The third-order valence-electron chi connectivity index (χ3n) is 5.21. The van der Waals surface area contributed by atoms with Gasteiger partial charge in [0.2, 0.25) is 5.89 Å². The fourth-order valence-corrected chi connectivity index (χ4v) is 3.59. The highest BCUT2D eigenvalue weighted by Gasteiger charge is 2.17. The van der Waals surface area contributed by atoms with E-state index in [1.54, 1.807) is 30.1 Å². The second kappa shape index (κ2) is 8.07. The Kier molecular flexibility index (Phi) is 4.96. The lowest BCUT2D eigenvalue weighted by atomic mass is 10.1. The van der Waals surface area contributed by atoms with Crippen LogP contribution in [-0.4, -0.2) is 27.8 Å². The van der Waals surface area contributed by atoms with E-state index >= 15 is 0 Å². The van der Waals surface area contributed by atoms with E-state index in [1.165, 1.54) is 5.56 Å². The fourth-order valence-electron chi connectivity index (χ4n) is 3.59. The van der Waals surface area contributed by atoms with E-state index in [4.69, 9.17) is 8.83 Å². The smallest absolute Gasteiger partial charge is 0.254 e. The van der Waals surface area contributed by atoms with Crippen molar-refractivity contribution in [1.82, 2.24) is 14.9 Å². The number of carbonyl (C=O) groups excluding carboxylic acids is 1. The summed E-state index contributed by atoms with van der Waals surface area (Å²) in [5.74, 6) is 1.05. The molecule has 6 heteroatoms. The van der Waals surface area contributed by atoms with Crippen molar-refractivity contribution >= 4 is 28.1 Å². The van der Waals surface area contributed by atoms with Gasteiger partial charge in [-0.3, -0.25) is 4.79 Å². The zero-order valence-electron chi connectivity index (χ0n) is 17.1. The summed E-state index contributed by atoms with van der Waals surface area (Å²) in [6.07, 6.45) is 1.56. The topological polar surface area (TPSA) is 72.4 Å². The molecular weight excluding hydrogens is 390 g/mol. The molecule has 0 atom stereocenters. The van der Waals surface area contributed by atoms with Crippen molar-refractivity contribution in [1.29, 1.82) is 0 Å². The van der Waals surface area contributed by atoms with Crippen LogP contribution in [0.15, 0.2) is 81.6 Å². The van der Waals surface area contributed by atoms with Crippen molar-refractivity contribution in [3.05, 3.63) is 95.7 Å². The summed E-state index contributed by atoms with van der Waals surface area (Å²) in [4.78, 5) is 23.5. The molecule has 6 nitrogen and oxygen atoms in total. The van der Waals surface area contributed by atoms with Gasteiger partial charge in [0.25, 0.3) is 5.91 Å². The maximum absolute atomic E-state index is 12.9. The highest BCUT2D eigenvalue weighted by atomic mass is 16.4. The molecule has 0 aliphatic rings. The molecule has 0 spiro atoms. The Morgan fingerprint density at radius 2 is 1.52 bits per heavy atom. The predicted molar refractivity (Wildman–Crippen MR) is 118 cm³/mol. The van der Waals surface area contributed by atoms with Crippen LogP contribution in [0.1, 0.15) is 27.7 Å². The van der Waals surface area contributed by atoms with Gasteiger partial charge in [-0.05, 0) is 42.3 Å². The molecule has 0 fully saturated rings. The molecule has 5 rings (SSSR count). The summed E-state index contributed by atoms with van der Waals surface area (Å²) in [7, 11) is 1.73. The molecule has 154 valence electrons. The molecule has 3 aromatic carbocycles. The second-order valence-corrected chi connectivity index (χ2v) is 7.51. The first-order chi connectivity index (χ1) is 15.2. The van der Waals surface area contributed by atoms with Gasteiger partial charge < -0.3 is 13.7 Å². The number of fused-ring (bicyclic) bond motifs is 2. The van der Waals surface area contributed by atoms with Crippen molar-refractivity contribution in [2.45, 2.75) is 19.4 Å². The third kappa shape index (κ3) is 4.05. The average molecular weight is 411 g/mol. The Bertz CT molecular complexity index is 1320. The molecule has 0 aliphatic carbocycles. The van der Waals surface area contributed by atoms with E-state index in [9.17, 15) is 4.79 Å². The number of hydrogen-bond donors (Lipinski definition) is 0. The van der Waals surface area contributed by atoms with Gasteiger partial charge in [0.1, 0.15) is 11.0 Å². The maximum atomic E-state index is 12.9. The second-order valence-electron chi connectivity index (χ2n) is 7.51. The van der Waals surface area contributed by atoms with Crippen LogP contribution in [0.4, 0.5) is 0 Å². The Balaban J connectivity index is 1.30. The zero-order chi connectivity index (χ0) is 21.2. The molecule has 0 saturated carbocycles. The first-order valence-electron chi connectivity index (χ1n) is 10.2. The summed E-state index contributed by atoms with van der Waals surface area (Å²) < 4.78 is 11.6.